The lowest BCUT2D eigenvalue weighted by atomic mass is 10.2. The van der Waals surface area contributed by atoms with Crippen LogP contribution in [0.25, 0.3) is 0 Å². The van der Waals surface area contributed by atoms with Crippen LogP contribution in [-0.2, 0) is 12.8 Å². The number of pyridine rings is 1. The standard InChI is InChI=1S/C12H15N5S/c1-8-5-11(17(2)16-8)18-7-9-3-4-15-10(6-9)12(13)14/h3-6H,7H2,1-2H3,(H3,13,14). The van der Waals surface area contributed by atoms with Gasteiger partial charge in [0.15, 0.2) is 0 Å². The molecular weight excluding hydrogens is 246 g/mol. The van der Waals surface area contributed by atoms with Crippen LogP contribution in [0.1, 0.15) is 17.0 Å². The minimum atomic E-state index is -0.00164. The van der Waals surface area contributed by atoms with E-state index in [4.69, 9.17) is 11.1 Å². The van der Waals surface area contributed by atoms with Crippen molar-refractivity contribution in [2.45, 2.75) is 17.7 Å². The summed E-state index contributed by atoms with van der Waals surface area (Å²) in [7, 11) is 1.93. The second-order valence-corrected chi connectivity index (χ2v) is 4.99. The van der Waals surface area contributed by atoms with Crippen molar-refractivity contribution in [2.75, 3.05) is 0 Å². The quantitative estimate of drug-likeness (QED) is 0.498. The molecule has 18 heavy (non-hydrogen) atoms. The van der Waals surface area contributed by atoms with Crippen molar-refractivity contribution in [1.29, 1.82) is 5.41 Å². The summed E-state index contributed by atoms with van der Waals surface area (Å²) in [6.45, 7) is 1.98. The Morgan fingerprint density at radius 1 is 1.50 bits per heavy atom. The SMILES string of the molecule is Cc1cc(SCc2ccnc(C(=N)N)c2)n(C)n1. The molecule has 2 heterocycles. The van der Waals surface area contributed by atoms with Gasteiger partial charge in [-0.15, -0.1) is 11.8 Å². The molecule has 0 aliphatic rings. The fourth-order valence-electron chi connectivity index (χ4n) is 1.59. The lowest BCUT2D eigenvalue weighted by Gasteiger charge is -2.04. The van der Waals surface area contributed by atoms with Crippen LogP contribution in [0.2, 0.25) is 0 Å². The third-order valence-electron chi connectivity index (χ3n) is 2.45. The maximum Gasteiger partial charge on any atom is 0.141 e. The molecule has 0 saturated carbocycles. The summed E-state index contributed by atoms with van der Waals surface area (Å²) in [4.78, 5) is 4.04. The molecular formula is C12H15N5S. The second kappa shape index (κ2) is 5.22. The smallest absolute Gasteiger partial charge is 0.141 e. The van der Waals surface area contributed by atoms with Crippen LogP contribution in [0.5, 0.6) is 0 Å². The number of hydrogen-bond donors (Lipinski definition) is 2. The first-order valence-electron chi connectivity index (χ1n) is 5.49. The normalized spacial score (nSPS) is 10.6. The maximum absolute atomic E-state index is 7.36. The number of nitrogens with one attached hydrogen (secondary N) is 1. The molecule has 6 heteroatoms. The Balaban J connectivity index is 2.08. The van der Waals surface area contributed by atoms with E-state index in [1.807, 2.05) is 30.8 Å². The van der Waals surface area contributed by atoms with E-state index >= 15 is 0 Å². The van der Waals surface area contributed by atoms with Gasteiger partial charge in [-0.3, -0.25) is 15.1 Å². The molecule has 2 rings (SSSR count). The first-order chi connectivity index (χ1) is 8.56. The van der Waals surface area contributed by atoms with Crippen LogP contribution in [0.3, 0.4) is 0 Å². The number of nitrogen functional groups attached to an aromatic ring is 1. The van der Waals surface area contributed by atoms with Gasteiger partial charge >= 0.3 is 0 Å². The zero-order chi connectivity index (χ0) is 13.1. The van der Waals surface area contributed by atoms with Crippen molar-refractivity contribution < 1.29 is 0 Å². The van der Waals surface area contributed by atoms with Gasteiger partial charge in [0.25, 0.3) is 0 Å². The molecule has 0 atom stereocenters. The van der Waals surface area contributed by atoms with Crippen LogP contribution < -0.4 is 5.73 Å². The fourth-order valence-corrected chi connectivity index (χ4v) is 2.57. The molecule has 0 aromatic carbocycles. The molecule has 2 aromatic heterocycles. The topological polar surface area (TPSA) is 80.6 Å². The molecule has 2 aromatic rings. The third-order valence-corrected chi connectivity index (χ3v) is 3.60. The monoisotopic (exact) mass is 261 g/mol. The summed E-state index contributed by atoms with van der Waals surface area (Å²) in [6.07, 6.45) is 1.68. The molecule has 5 nitrogen and oxygen atoms in total. The van der Waals surface area contributed by atoms with Crippen molar-refractivity contribution >= 4 is 17.6 Å². The van der Waals surface area contributed by atoms with E-state index in [1.165, 1.54) is 0 Å². The first-order valence-corrected chi connectivity index (χ1v) is 6.47. The molecule has 0 saturated heterocycles. The largest absolute Gasteiger partial charge is 0.382 e. The number of hydrogen-bond acceptors (Lipinski definition) is 4. The van der Waals surface area contributed by atoms with E-state index in [0.29, 0.717) is 5.69 Å². The molecule has 0 fully saturated rings. The van der Waals surface area contributed by atoms with E-state index < -0.39 is 0 Å². The lowest BCUT2D eigenvalue weighted by Crippen LogP contribution is -2.13. The number of thioether (sulfide) groups is 1. The van der Waals surface area contributed by atoms with Crippen LogP contribution in [0.4, 0.5) is 0 Å². The molecule has 0 aliphatic carbocycles. The average Bonchev–Trinajstić information content (AvgIpc) is 2.65. The van der Waals surface area contributed by atoms with Gasteiger partial charge in [-0.25, -0.2) is 0 Å². The summed E-state index contributed by atoms with van der Waals surface area (Å²) in [6, 6.07) is 5.83. The highest BCUT2D eigenvalue weighted by Gasteiger charge is 2.05. The zero-order valence-electron chi connectivity index (χ0n) is 10.3. The molecule has 0 bridgehead atoms. The number of aryl methyl sites for hydroxylation is 2. The van der Waals surface area contributed by atoms with Crippen LogP contribution in [-0.4, -0.2) is 20.6 Å². The average molecular weight is 261 g/mol. The Morgan fingerprint density at radius 2 is 2.28 bits per heavy atom. The van der Waals surface area contributed by atoms with Crippen molar-refractivity contribution in [1.82, 2.24) is 14.8 Å². The van der Waals surface area contributed by atoms with Crippen LogP contribution in [0.15, 0.2) is 29.4 Å². The van der Waals surface area contributed by atoms with E-state index in [1.54, 1.807) is 18.0 Å². The predicted octanol–water partition coefficient (Wildman–Crippen LogP) is 1.70. The predicted molar refractivity (Wildman–Crippen MR) is 72.8 cm³/mol. The maximum atomic E-state index is 7.36. The Hall–Kier alpha value is -1.82. The number of rotatable bonds is 4. The van der Waals surface area contributed by atoms with Crippen molar-refractivity contribution in [3.63, 3.8) is 0 Å². The van der Waals surface area contributed by atoms with Gasteiger partial charge in [0.05, 0.1) is 10.7 Å². The van der Waals surface area contributed by atoms with Gasteiger partial charge in [-0.05, 0) is 30.7 Å². The molecule has 0 spiro atoms. The molecule has 0 amide bonds. The molecule has 0 aliphatic heterocycles. The second-order valence-electron chi connectivity index (χ2n) is 4.00. The highest BCUT2D eigenvalue weighted by atomic mass is 32.2. The van der Waals surface area contributed by atoms with Crippen LogP contribution >= 0.6 is 11.8 Å². The Bertz CT molecular complexity index is 576. The summed E-state index contributed by atoms with van der Waals surface area (Å²) in [5, 5.41) is 12.8. The van der Waals surface area contributed by atoms with Gasteiger partial charge in [-0.2, -0.15) is 5.10 Å². The van der Waals surface area contributed by atoms with Gasteiger partial charge in [-0.1, -0.05) is 0 Å². The number of nitrogens with zero attached hydrogens (tertiary/aromatic N) is 3. The molecule has 0 unspecified atom stereocenters. The van der Waals surface area contributed by atoms with E-state index in [9.17, 15) is 0 Å². The summed E-state index contributed by atoms with van der Waals surface area (Å²) in [5.41, 5.74) is 8.05. The summed E-state index contributed by atoms with van der Waals surface area (Å²) >= 11 is 1.70. The van der Waals surface area contributed by atoms with E-state index in [-0.39, 0.29) is 5.84 Å². The molecule has 94 valence electrons. The minimum absolute atomic E-state index is 0.00164. The van der Waals surface area contributed by atoms with Crippen molar-refractivity contribution in [3.8, 4) is 0 Å². The number of amidine groups is 1. The van der Waals surface area contributed by atoms with Gasteiger partial charge in [0, 0.05) is 19.0 Å². The zero-order valence-corrected chi connectivity index (χ0v) is 11.2. The lowest BCUT2D eigenvalue weighted by molar-refractivity contribution is 0.692. The Kier molecular flexibility index (Phi) is 3.66. The molecule has 3 N–H and O–H groups in total. The Morgan fingerprint density at radius 3 is 2.89 bits per heavy atom. The summed E-state index contributed by atoms with van der Waals surface area (Å²) < 4.78 is 1.87. The van der Waals surface area contributed by atoms with Crippen LogP contribution in [0, 0.1) is 12.3 Å². The fraction of sp³-hybridized carbons (Fsp3) is 0.250. The van der Waals surface area contributed by atoms with E-state index in [0.717, 1.165) is 22.0 Å². The van der Waals surface area contributed by atoms with Crippen molar-refractivity contribution in [2.24, 2.45) is 12.8 Å². The van der Waals surface area contributed by atoms with Crippen molar-refractivity contribution in [3.05, 3.63) is 41.3 Å². The Labute approximate surface area is 110 Å². The van der Waals surface area contributed by atoms with Gasteiger partial charge < -0.3 is 5.73 Å². The highest BCUT2D eigenvalue weighted by Crippen LogP contribution is 2.22. The number of aromatic nitrogens is 3. The van der Waals surface area contributed by atoms with Gasteiger partial charge in [0.2, 0.25) is 0 Å². The highest BCUT2D eigenvalue weighted by molar-refractivity contribution is 7.98. The minimum Gasteiger partial charge on any atom is -0.382 e. The first kappa shape index (κ1) is 12.6. The third kappa shape index (κ3) is 2.89. The molecule has 0 radical (unpaired) electrons. The van der Waals surface area contributed by atoms with Gasteiger partial charge in [0.1, 0.15) is 11.5 Å². The number of nitrogens with two attached hydrogens (primary N) is 1. The van der Waals surface area contributed by atoms with E-state index in [2.05, 4.69) is 16.1 Å². The summed E-state index contributed by atoms with van der Waals surface area (Å²) in [5.74, 6) is 0.806.